The minimum Gasteiger partial charge on any atom is -0.339 e. The Kier molecular flexibility index (Phi) is 3.54. The highest BCUT2D eigenvalue weighted by molar-refractivity contribution is 5.54. The summed E-state index contributed by atoms with van der Waals surface area (Å²) in [6, 6.07) is 8.10. The number of hydrogen-bond donors (Lipinski definition) is 1. The van der Waals surface area contributed by atoms with Crippen LogP contribution in [0.5, 0.6) is 0 Å². The highest BCUT2D eigenvalue weighted by Gasteiger charge is 2.10. The molecular formula is C13H17N3O. The second kappa shape index (κ2) is 5.10. The quantitative estimate of drug-likeness (QED) is 0.877. The summed E-state index contributed by atoms with van der Waals surface area (Å²) in [6.07, 6.45) is 0.893. The van der Waals surface area contributed by atoms with Gasteiger partial charge in [-0.25, -0.2) is 0 Å². The monoisotopic (exact) mass is 231 g/mol. The molecule has 4 heteroatoms. The minimum absolute atomic E-state index is 0.257. The molecular weight excluding hydrogens is 214 g/mol. The van der Waals surface area contributed by atoms with Crippen molar-refractivity contribution in [1.82, 2.24) is 10.1 Å². The SMILES string of the molecule is CC(C)c1nc(-c2ccc(CCN)cc2)no1. The first-order chi connectivity index (χ1) is 8.20. The highest BCUT2D eigenvalue weighted by atomic mass is 16.5. The van der Waals surface area contributed by atoms with Gasteiger partial charge in [0.15, 0.2) is 0 Å². The Hall–Kier alpha value is -1.68. The van der Waals surface area contributed by atoms with Gasteiger partial charge in [0, 0.05) is 11.5 Å². The van der Waals surface area contributed by atoms with E-state index < -0.39 is 0 Å². The molecule has 0 radical (unpaired) electrons. The lowest BCUT2D eigenvalue weighted by molar-refractivity contribution is 0.365. The molecule has 1 heterocycles. The summed E-state index contributed by atoms with van der Waals surface area (Å²) >= 11 is 0. The Balaban J connectivity index is 2.21. The van der Waals surface area contributed by atoms with Crippen molar-refractivity contribution in [2.75, 3.05) is 6.54 Å². The van der Waals surface area contributed by atoms with E-state index in [1.165, 1.54) is 5.56 Å². The Labute approximate surface area is 101 Å². The molecule has 0 atom stereocenters. The second-order valence-corrected chi connectivity index (χ2v) is 4.35. The maximum atomic E-state index is 5.51. The zero-order valence-electron chi connectivity index (χ0n) is 10.2. The first-order valence-corrected chi connectivity index (χ1v) is 5.83. The fraction of sp³-hybridized carbons (Fsp3) is 0.385. The average molecular weight is 231 g/mol. The Bertz CT molecular complexity index is 474. The second-order valence-electron chi connectivity index (χ2n) is 4.35. The van der Waals surface area contributed by atoms with Gasteiger partial charge in [-0.1, -0.05) is 43.3 Å². The van der Waals surface area contributed by atoms with Crippen molar-refractivity contribution < 1.29 is 4.52 Å². The predicted molar refractivity (Wildman–Crippen MR) is 66.6 cm³/mol. The van der Waals surface area contributed by atoms with Gasteiger partial charge < -0.3 is 10.3 Å². The zero-order valence-corrected chi connectivity index (χ0v) is 10.2. The fourth-order valence-corrected chi connectivity index (χ4v) is 1.57. The maximum Gasteiger partial charge on any atom is 0.229 e. The van der Waals surface area contributed by atoms with Crippen molar-refractivity contribution in [1.29, 1.82) is 0 Å². The molecule has 0 saturated heterocycles. The van der Waals surface area contributed by atoms with E-state index >= 15 is 0 Å². The highest BCUT2D eigenvalue weighted by Crippen LogP contribution is 2.19. The molecule has 0 bridgehead atoms. The summed E-state index contributed by atoms with van der Waals surface area (Å²) in [5.41, 5.74) is 7.71. The predicted octanol–water partition coefficient (Wildman–Crippen LogP) is 2.36. The summed E-state index contributed by atoms with van der Waals surface area (Å²) < 4.78 is 5.18. The van der Waals surface area contributed by atoms with Crippen LogP contribution in [0.25, 0.3) is 11.4 Å². The normalized spacial score (nSPS) is 11.1. The molecule has 0 amide bonds. The van der Waals surface area contributed by atoms with Crippen molar-refractivity contribution in [2.24, 2.45) is 5.73 Å². The van der Waals surface area contributed by atoms with Crippen molar-refractivity contribution in [3.63, 3.8) is 0 Å². The minimum atomic E-state index is 0.257. The van der Waals surface area contributed by atoms with E-state index in [4.69, 9.17) is 10.3 Å². The first kappa shape index (κ1) is 11.8. The third-order valence-electron chi connectivity index (χ3n) is 2.58. The van der Waals surface area contributed by atoms with E-state index in [1.807, 2.05) is 38.1 Å². The van der Waals surface area contributed by atoms with Crippen molar-refractivity contribution in [3.8, 4) is 11.4 Å². The lowest BCUT2D eigenvalue weighted by atomic mass is 10.1. The Morgan fingerprint density at radius 3 is 2.47 bits per heavy atom. The van der Waals surface area contributed by atoms with Crippen LogP contribution >= 0.6 is 0 Å². The van der Waals surface area contributed by atoms with Gasteiger partial charge in [0.05, 0.1) is 0 Å². The third kappa shape index (κ3) is 2.71. The molecule has 0 aliphatic heterocycles. The van der Waals surface area contributed by atoms with Gasteiger partial charge in [0.2, 0.25) is 11.7 Å². The van der Waals surface area contributed by atoms with Crippen LogP contribution in [0.1, 0.15) is 31.2 Å². The Morgan fingerprint density at radius 1 is 1.24 bits per heavy atom. The van der Waals surface area contributed by atoms with E-state index in [2.05, 4.69) is 10.1 Å². The number of nitrogens with zero attached hydrogens (tertiary/aromatic N) is 2. The molecule has 0 aliphatic carbocycles. The lowest BCUT2D eigenvalue weighted by Crippen LogP contribution is -2.02. The van der Waals surface area contributed by atoms with Crippen LogP contribution in [0.4, 0.5) is 0 Å². The van der Waals surface area contributed by atoms with Crippen molar-refractivity contribution in [2.45, 2.75) is 26.2 Å². The van der Waals surface area contributed by atoms with Crippen molar-refractivity contribution >= 4 is 0 Å². The maximum absolute atomic E-state index is 5.51. The Morgan fingerprint density at radius 2 is 1.94 bits per heavy atom. The van der Waals surface area contributed by atoms with E-state index in [9.17, 15) is 0 Å². The van der Waals surface area contributed by atoms with E-state index in [0.29, 0.717) is 18.3 Å². The van der Waals surface area contributed by atoms with Crippen LogP contribution in [0, 0.1) is 0 Å². The molecule has 0 spiro atoms. The average Bonchev–Trinajstić information content (AvgIpc) is 2.80. The molecule has 1 aromatic carbocycles. The first-order valence-electron chi connectivity index (χ1n) is 5.83. The molecule has 2 aromatic rings. The molecule has 2 N–H and O–H groups in total. The van der Waals surface area contributed by atoms with Gasteiger partial charge in [-0.3, -0.25) is 0 Å². The summed E-state index contributed by atoms with van der Waals surface area (Å²) in [7, 11) is 0. The molecule has 0 aliphatic rings. The van der Waals surface area contributed by atoms with E-state index in [0.717, 1.165) is 12.0 Å². The van der Waals surface area contributed by atoms with Crippen LogP contribution < -0.4 is 5.73 Å². The van der Waals surface area contributed by atoms with Crippen LogP contribution in [-0.2, 0) is 6.42 Å². The fourth-order valence-electron chi connectivity index (χ4n) is 1.57. The zero-order chi connectivity index (χ0) is 12.3. The number of rotatable bonds is 4. The molecule has 0 fully saturated rings. The van der Waals surface area contributed by atoms with E-state index in [1.54, 1.807) is 0 Å². The molecule has 2 rings (SSSR count). The smallest absolute Gasteiger partial charge is 0.229 e. The van der Waals surface area contributed by atoms with Crippen LogP contribution in [0.2, 0.25) is 0 Å². The number of benzene rings is 1. The van der Waals surface area contributed by atoms with E-state index in [-0.39, 0.29) is 5.92 Å². The molecule has 0 saturated carbocycles. The van der Waals surface area contributed by atoms with Gasteiger partial charge in [0.25, 0.3) is 0 Å². The topological polar surface area (TPSA) is 64.9 Å². The molecule has 4 nitrogen and oxygen atoms in total. The lowest BCUT2D eigenvalue weighted by Gasteiger charge is -1.99. The van der Waals surface area contributed by atoms with Gasteiger partial charge in [0.1, 0.15) is 0 Å². The van der Waals surface area contributed by atoms with Gasteiger partial charge in [-0.15, -0.1) is 0 Å². The molecule has 0 unspecified atom stereocenters. The van der Waals surface area contributed by atoms with Gasteiger partial charge >= 0.3 is 0 Å². The van der Waals surface area contributed by atoms with Crippen LogP contribution in [0.3, 0.4) is 0 Å². The molecule has 90 valence electrons. The van der Waals surface area contributed by atoms with Gasteiger partial charge in [-0.2, -0.15) is 4.98 Å². The summed E-state index contributed by atoms with van der Waals surface area (Å²) in [5, 5.41) is 3.97. The number of hydrogen-bond acceptors (Lipinski definition) is 4. The number of nitrogens with two attached hydrogens (primary N) is 1. The summed E-state index contributed by atoms with van der Waals surface area (Å²) in [4.78, 5) is 4.35. The third-order valence-corrected chi connectivity index (χ3v) is 2.58. The summed E-state index contributed by atoms with van der Waals surface area (Å²) in [6.45, 7) is 4.72. The van der Waals surface area contributed by atoms with Crippen molar-refractivity contribution in [3.05, 3.63) is 35.7 Å². The largest absolute Gasteiger partial charge is 0.339 e. The molecule has 1 aromatic heterocycles. The van der Waals surface area contributed by atoms with Crippen LogP contribution in [-0.4, -0.2) is 16.7 Å². The van der Waals surface area contributed by atoms with Crippen LogP contribution in [0.15, 0.2) is 28.8 Å². The number of aromatic nitrogens is 2. The summed E-state index contributed by atoms with van der Waals surface area (Å²) in [5.74, 6) is 1.58. The standard InChI is InChI=1S/C13H17N3O/c1-9(2)13-15-12(16-17-13)11-5-3-10(4-6-11)7-8-14/h3-6,9H,7-8,14H2,1-2H3. The van der Waals surface area contributed by atoms with Gasteiger partial charge in [-0.05, 0) is 18.5 Å². The molecule has 17 heavy (non-hydrogen) atoms.